The first-order chi connectivity index (χ1) is 10.2. The highest BCUT2D eigenvalue weighted by Crippen LogP contribution is 2.29. The average molecular weight is 302 g/mol. The highest BCUT2D eigenvalue weighted by molar-refractivity contribution is 7.09. The summed E-state index contributed by atoms with van der Waals surface area (Å²) in [6.45, 7) is 5.14. The van der Waals surface area contributed by atoms with Crippen LogP contribution in [-0.4, -0.2) is 17.6 Å². The molecule has 1 aliphatic carbocycles. The summed E-state index contributed by atoms with van der Waals surface area (Å²) in [5, 5.41) is 6.85. The van der Waals surface area contributed by atoms with E-state index < -0.39 is 0 Å². The maximum absolute atomic E-state index is 5.91. The van der Waals surface area contributed by atoms with Crippen molar-refractivity contribution < 1.29 is 4.74 Å². The molecule has 3 nitrogen and oxygen atoms in total. The zero-order valence-electron chi connectivity index (χ0n) is 12.6. The SMILES string of the molecule is CCNC(Cc1csc(C)n1)c1cccc(OC2CC2)c1. The molecule has 1 atom stereocenters. The monoisotopic (exact) mass is 302 g/mol. The fraction of sp³-hybridized carbons (Fsp3) is 0.471. The maximum Gasteiger partial charge on any atom is 0.120 e. The Labute approximate surface area is 130 Å². The quantitative estimate of drug-likeness (QED) is 0.842. The summed E-state index contributed by atoms with van der Waals surface area (Å²) in [5.74, 6) is 0.993. The minimum absolute atomic E-state index is 0.291. The van der Waals surface area contributed by atoms with Gasteiger partial charge in [0, 0.05) is 17.8 Å². The summed E-state index contributed by atoms with van der Waals surface area (Å²) in [4.78, 5) is 4.59. The molecule has 0 saturated heterocycles. The number of aromatic nitrogens is 1. The van der Waals surface area contributed by atoms with E-state index in [0.717, 1.165) is 29.4 Å². The van der Waals surface area contributed by atoms with Crippen molar-refractivity contribution in [2.75, 3.05) is 6.54 Å². The zero-order chi connectivity index (χ0) is 14.7. The smallest absolute Gasteiger partial charge is 0.120 e. The molecule has 112 valence electrons. The molecule has 1 N–H and O–H groups in total. The summed E-state index contributed by atoms with van der Waals surface area (Å²) in [6, 6.07) is 8.78. The molecule has 3 rings (SSSR count). The zero-order valence-corrected chi connectivity index (χ0v) is 13.5. The number of thiazole rings is 1. The van der Waals surface area contributed by atoms with E-state index in [1.54, 1.807) is 11.3 Å². The van der Waals surface area contributed by atoms with Crippen molar-refractivity contribution in [1.82, 2.24) is 10.3 Å². The van der Waals surface area contributed by atoms with Gasteiger partial charge in [0.05, 0.1) is 16.8 Å². The second-order valence-electron chi connectivity index (χ2n) is 5.56. The Hall–Kier alpha value is -1.39. The van der Waals surface area contributed by atoms with Crippen LogP contribution in [0.3, 0.4) is 0 Å². The van der Waals surface area contributed by atoms with E-state index in [1.807, 2.05) is 0 Å². The number of likely N-dealkylation sites (N-methyl/N-ethyl adjacent to an activating group) is 1. The van der Waals surface area contributed by atoms with Gasteiger partial charge in [-0.2, -0.15) is 0 Å². The molecule has 0 radical (unpaired) electrons. The first-order valence-electron chi connectivity index (χ1n) is 7.65. The molecule has 1 heterocycles. The van der Waals surface area contributed by atoms with Crippen LogP contribution in [0.2, 0.25) is 0 Å². The largest absolute Gasteiger partial charge is 0.490 e. The summed E-state index contributed by atoms with van der Waals surface area (Å²) < 4.78 is 5.91. The molecule has 0 spiro atoms. The Kier molecular flexibility index (Phi) is 4.56. The van der Waals surface area contributed by atoms with Gasteiger partial charge < -0.3 is 10.1 Å². The fourth-order valence-electron chi connectivity index (χ4n) is 2.45. The topological polar surface area (TPSA) is 34.2 Å². The van der Waals surface area contributed by atoms with E-state index >= 15 is 0 Å². The molecule has 0 aliphatic heterocycles. The van der Waals surface area contributed by atoms with Crippen molar-refractivity contribution >= 4 is 11.3 Å². The van der Waals surface area contributed by atoms with E-state index in [2.05, 4.69) is 53.8 Å². The van der Waals surface area contributed by atoms with Gasteiger partial charge in [-0.15, -0.1) is 11.3 Å². The van der Waals surface area contributed by atoms with Crippen molar-refractivity contribution in [3.8, 4) is 5.75 Å². The minimum Gasteiger partial charge on any atom is -0.490 e. The van der Waals surface area contributed by atoms with Crippen molar-refractivity contribution in [3.63, 3.8) is 0 Å². The van der Waals surface area contributed by atoms with Crippen LogP contribution in [0, 0.1) is 6.92 Å². The van der Waals surface area contributed by atoms with Crippen LogP contribution < -0.4 is 10.1 Å². The molecule has 21 heavy (non-hydrogen) atoms. The lowest BCUT2D eigenvalue weighted by molar-refractivity contribution is 0.302. The molecule has 2 aromatic rings. The van der Waals surface area contributed by atoms with Gasteiger partial charge in [0.15, 0.2) is 0 Å². The van der Waals surface area contributed by atoms with Crippen LogP contribution >= 0.6 is 11.3 Å². The molecule has 1 unspecified atom stereocenters. The lowest BCUT2D eigenvalue weighted by Gasteiger charge is -2.18. The fourth-order valence-corrected chi connectivity index (χ4v) is 3.07. The Balaban J connectivity index is 1.75. The normalized spacial score (nSPS) is 15.9. The van der Waals surface area contributed by atoms with Gasteiger partial charge in [-0.3, -0.25) is 0 Å². The highest BCUT2D eigenvalue weighted by Gasteiger charge is 2.23. The summed E-state index contributed by atoms with van der Waals surface area (Å²) in [7, 11) is 0. The number of benzene rings is 1. The lowest BCUT2D eigenvalue weighted by Crippen LogP contribution is -2.23. The molecule has 1 saturated carbocycles. The molecular weight excluding hydrogens is 280 g/mol. The third kappa shape index (κ3) is 4.05. The molecule has 1 fully saturated rings. The van der Waals surface area contributed by atoms with E-state index in [9.17, 15) is 0 Å². The number of ether oxygens (including phenoxy) is 1. The van der Waals surface area contributed by atoms with Gasteiger partial charge in [-0.1, -0.05) is 19.1 Å². The van der Waals surface area contributed by atoms with Gasteiger partial charge in [0.25, 0.3) is 0 Å². The van der Waals surface area contributed by atoms with E-state index in [4.69, 9.17) is 4.74 Å². The number of aryl methyl sites for hydroxylation is 1. The van der Waals surface area contributed by atoms with Gasteiger partial charge >= 0.3 is 0 Å². The van der Waals surface area contributed by atoms with Crippen molar-refractivity contribution in [1.29, 1.82) is 0 Å². The van der Waals surface area contributed by atoms with Crippen LogP contribution in [0.15, 0.2) is 29.6 Å². The molecule has 1 aromatic carbocycles. The second-order valence-corrected chi connectivity index (χ2v) is 6.62. The number of hydrogen-bond donors (Lipinski definition) is 1. The molecule has 4 heteroatoms. The van der Waals surface area contributed by atoms with Crippen LogP contribution in [0.4, 0.5) is 0 Å². The van der Waals surface area contributed by atoms with Crippen LogP contribution in [0.25, 0.3) is 0 Å². The summed E-state index contributed by atoms with van der Waals surface area (Å²) >= 11 is 1.72. The summed E-state index contributed by atoms with van der Waals surface area (Å²) in [5.41, 5.74) is 2.44. The van der Waals surface area contributed by atoms with Gasteiger partial charge in [0.2, 0.25) is 0 Å². The number of hydrogen-bond acceptors (Lipinski definition) is 4. The van der Waals surface area contributed by atoms with Gasteiger partial charge in [0.1, 0.15) is 5.75 Å². The molecule has 0 bridgehead atoms. The van der Waals surface area contributed by atoms with E-state index in [0.29, 0.717) is 12.1 Å². The van der Waals surface area contributed by atoms with Gasteiger partial charge in [-0.05, 0) is 44.0 Å². The van der Waals surface area contributed by atoms with Crippen LogP contribution in [-0.2, 0) is 6.42 Å². The minimum atomic E-state index is 0.291. The Morgan fingerprint density at radius 1 is 1.43 bits per heavy atom. The van der Waals surface area contributed by atoms with Crippen molar-refractivity contribution in [2.24, 2.45) is 0 Å². The number of rotatable bonds is 7. The van der Waals surface area contributed by atoms with Crippen LogP contribution in [0.5, 0.6) is 5.75 Å². The molecule has 1 aliphatic rings. The Morgan fingerprint density at radius 2 is 2.29 bits per heavy atom. The van der Waals surface area contributed by atoms with E-state index in [-0.39, 0.29) is 0 Å². The lowest BCUT2D eigenvalue weighted by atomic mass is 10.0. The first-order valence-corrected chi connectivity index (χ1v) is 8.53. The average Bonchev–Trinajstić information content (AvgIpc) is 3.19. The third-order valence-corrected chi connectivity index (χ3v) is 4.44. The maximum atomic E-state index is 5.91. The predicted octanol–water partition coefficient (Wildman–Crippen LogP) is 3.89. The standard InChI is InChI=1S/C17H22N2OS/c1-3-18-17(10-14-11-21-12(2)19-14)13-5-4-6-16(9-13)20-15-7-8-15/h4-6,9,11,15,17-18H,3,7-8,10H2,1-2H3. The molecular formula is C17H22N2OS. The summed E-state index contributed by atoms with van der Waals surface area (Å²) in [6.07, 6.45) is 3.75. The Bertz CT molecular complexity index is 592. The number of nitrogens with zero attached hydrogens (tertiary/aromatic N) is 1. The second kappa shape index (κ2) is 6.58. The highest BCUT2D eigenvalue weighted by atomic mass is 32.1. The third-order valence-electron chi connectivity index (χ3n) is 3.62. The van der Waals surface area contributed by atoms with Gasteiger partial charge in [-0.25, -0.2) is 4.98 Å². The van der Waals surface area contributed by atoms with Crippen molar-refractivity contribution in [3.05, 3.63) is 45.9 Å². The first kappa shape index (κ1) is 14.5. The van der Waals surface area contributed by atoms with Crippen molar-refractivity contribution in [2.45, 2.75) is 45.3 Å². The van der Waals surface area contributed by atoms with Crippen LogP contribution in [0.1, 0.15) is 42.1 Å². The predicted molar refractivity (Wildman–Crippen MR) is 87.1 cm³/mol. The number of nitrogens with one attached hydrogen (secondary N) is 1. The molecule has 0 amide bonds. The van der Waals surface area contributed by atoms with E-state index in [1.165, 1.54) is 18.4 Å². The molecule has 1 aromatic heterocycles. The Morgan fingerprint density at radius 3 is 2.95 bits per heavy atom.